The number of amides is 1. The minimum atomic E-state index is -3.61. The van der Waals surface area contributed by atoms with Crippen molar-refractivity contribution in [3.05, 3.63) is 77.3 Å². The molecule has 3 rings (SSSR count). The van der Waals surface area contributed by atoms with Crippen LogP contribution in [0.3, 0.4) is 0 Å². The van der Waals surface area contributed by atoms with Gasteiger partial charge in [-0.15, -0.1) is 6.58 Å². The second-order valence-corrected chi connectivity index (χ2v) is 8.77. The van der Waals surface area contributed by atoms with Gasteiger partial charge < -0.3 is 5.32 Å². The minimum Gasteiger partial charge on any atom is -0.343 e. The average molecular weight is 405 g/mol. The fourth-order valence-electron chi connectivity index (χ4n) is 3.11. The molecule has 27 heavy (non-hydrogen) atoms. The van der Waals surface area contributed by atoms with Gasteiger partial charge in [0.25, 0.3) is 5.91 Å². The van der Waals surface area contributed by atoms with E-state index in [2.05, 4.69) is 16.6 Å². The van der Waals surface area contributed by atoms with Gasteiger partial charge in [0.2, 0.25) is 10.0 Å². The Hall–Kier alpha value is -2.15. The van der Waals surface area contributed by atoms with E-state index < -0.39 is 15.6 Å². The zero-order valence-electron chi connectivity index (χ0n) is 14.7. The van der Waals surface area contributed by atoms with Crippen molar-refractivity contribution >= 4 is 27.5 Å². The Balaban J connectivity index is 1.76. The lowest BCUT2D eigenvalue weighted by Gasteiger charge is -2.43. The number of rotatable bonds is 7. The van der Waals surface area contributed by atoms with E-state index in [0.717, 1.165) is 24.8 Å². The first-order valence-corrected chi connectivity index (χ1v) is 10.5. The number of hydrogen-bond donors (Lipinski definition) is 2. The molecule has 1 fully saturated rings. The Morgan fingerprint density at radius 2 is 1.74 bits per heavy atom. The summed E-state index contributed by atoms with van der Waals surface area (Å²) in [5, 5.41) is 3.77. The van der Waals surface area contributed by atoms with Crippen molar-refractivity contribution < 1.29 is 13.2 Å². The SMILES string of the molecule is C=CCNS(=O)(=O)c1ccc(C(=O)NC2(c3ccc(Cl)cc3)CCC2)cc1. The molecular formula is C20H21ClN2O3S. The molecule has 7 heteroatoms. The van der Waals surface area contributed by atoms with Gasteiger partial charge in [0.1, 0.15) is 0 Å². The van der Waals surface area contributed by atoms with Crippen LogP contribution in [0.1, 0.15) is 35.2 Å². The maximum atomic E-state index is 12.7. The van der Waals surface area contributed by atoms with Crippen LogP contribution in [0.5, 0.6) is 0 Å². The maximum Gasteiger partial charge on any atom is 0.251 e. The highest BCUT2D eigenvalue weighted by atomic mass is 35.5. The van der Waals surface area contributed by atoms with E-state index in [4.69, 9.17) is 11.6 Å². The molecule has 0 heterocycles. The Bertz CT molecular complexity index is 934. The van der Waals surface area contributed by atoms with Crippen LogP contribution in [-0.2, 0) is 15.6 Å². The fourth-order valence-corrected chi connectivity index (χ4v) is 4.24. The molecule has 0 radical (unpaired) electrons. The van der Waals surface area contributed by atoms with Gasteiger partial charge in [-0.05, 0) is 61.2 Å². The van der Waals surface area contributed by atoms with E-state index in [9.17, 15) is 13.2 Å². The maximum absolute atomic E-state index is 12.7. The molecular weight excluding hydrogens is 384 g/mol. The Labute approximate surface area is 164 Å². The van der Waals surface area contributed by atoms with Gasteiger partial charge in [-0.25, -0.2) is 13.1 Å². The number of benzene rings is 2. The zero-order chi connectivity index (χ0) is 19.5. The number of sulfonamides is 1. The minimum absolute atomic E-state index is 0.108. The summed E-state index contributed by atoms with van der Waals surface area (Å²) in [5.74, 6) is -0.229. The molecule has 0 bridgehead atoms. The van der Waals surface area contributed by atoms with E-state index in [-0.39, 0.29) is 17.3 Å². The van der Waals surface area contributed by atoms with E-state index in [0.29, 0.717) is 10.6 Å². The summed E-state index contributed by atoms with van der Waals surface area (Å²) < 4.78 is 26.6. The lowest BCUT2D eigenvalue weighted by Crippen LogP contribution is -2.50. The second-order valence-electron chi connectivity index (χ2n) is 6.56. The summed E-state index contributed by atoms with van der Waals surface area (Å²) in [6.45, 7) is 3.63. The van der Waals surface area contributed by atoms with Crippen LogP contribution < -0.4 is 10.0 Å². The van der Waals surface area contributed by atoms with Crippen molar-refractivity contribution in [3.63, 3.8) is 0 Å². The van der Waals surface area contributed by atoms with Gasteiger partial charge >= 0.3 is 0 Å². The standard InChI is InChI=1S/C20H21ClN2O3S/c1-2-14-22-27(25,26)18-10-4-15(5-11-18)19(24)23-20(12-3-13-20)16-6-8-17(21)9-7-16/h2,4-11,22H,1,3,12-14H2,(H,23,24). The molecule has 142 valence electrons. The highest BCUT2D eigenvalue weighted by Gasteiger charge is 2.40. The van der Waals surface area contributed by atoms with Gasteiger partial charge in [0, 0.05) is 17.1 Å². The van der Waals surface area contributed by atoms with Crippen molar-refractivity contribution in [2.45, 2.75) is 29.7 Å². The molecule has 1 saturated carbocycles. The smallest absolute Gasteiger partial charge is 0.251 e. The Kier molecular flexibility index (Phi) is 5.69. The molecule has 2 aromatic carbocycles. The average Bonchev–Trinajstić information content (AvgIpc) is 2.64. The second kappa shape index (κ2) is 7.84. The number of hydrogen-bond acceptors (Lipinski definition) is 3. The third kappa shape index (κ3) is 4.24. The third-order valence-corrected chi connectivity index (χ3v) is 6.49. The molecule has 1 aliphatic rings. The van der Waals surface area contributed by atoms with Gasteiger partial charge in [-0.3, -0.25) is 4.79 Å². The van der Waals surface area contributed by atoms with Gasteiger partial charge in [0.05, 0.1) is 10.4 Å². The van der Waals surface area contributed by atoms with Crippen LogP contribution in [0.4, 0.5) is 0 Å². The first kappa shape index (κ1) is 19.6. The van der Waals surface area contributed by atoms with Gasteiger partial charge in [-0.1, -0.05) is 29.8 Å². The Morgan fingerprint density at radius 1 is 1.11 bits per heavy atom. The molecule has 0 saturated heterocycles. The predicted octanol–water partition coefficient (Wildman–Crippen LogP) is 3.61. The molecule has 5 nitrogen and oxygen atoms in total. The summed E-state index contributed by atoms with van der Waals surface area (Å²) in [6.07, 6.45) is 4.22. The van der Waals surface area contributed by atoms with Crippen LogP contribution in [-0.4, -0.2) is 20.9 Å². The van der Waals surface area contributed by atoms with Crippen molar-refractivity contribution in [1.82, 2.24) is 10.0 Å². The van der Waals surface area contributed by atoms with Crippen molar-refractivity contribution in [2.24, 2.45) is 0 Å². The summed E-state index contributed by atoms with van der Waals surface area (Å²) in [4.78, 5) is 12.8. The number of nitrogens with one attached hydrogen (secondary N) is 2. The highest BCUT2D eigenvalue weighted by molar-refractivity contribution is 7.89. The van der Waals surface area contributed by atoms with Crippen molar-refractivity contribution in [2.75, 3.05) is 6.54 Å². The molecule has 0 unspecified atom stereocenters. The monoisotopic (exact) mass is 404 g/mol. The fraction of sp³-hybridized carbons (Fsp3) is 0.250. The summed E-state index contributed by atoms with van der Waals surface area (Å²) in [7, 11) is -3.61. The molecule has 0 spiro atoms. The quantitative estimate of drug-likeness (QED) is 0.692. The first-order valence-electron chi connectivity index (χ1n) is 8.65. The lowest BCUT2D eigenvalue weighted by atomic mass is 9.71. The number of carbonyl (C=O) groups excluding carboxylic acids is 1. The highest BCUT2D eigenvalue weighted by Crippen LogP contribution is 2.41. The lowest BCUT2D eigenvalue weighted by molar-refractivity contribution is 0.0823. The normalized spacial score (nSPS) is 15.6. The molecule has 0 aromatic heterocycles. The number of carbonyl (C=O) groups is 1. The third-order valence-electron chi connectivity index (χ3n) is 4.80. The van der Waals surface area contributed by atoms with E-state index in [1.54, 1.807) is 0 Å². The molecule has 2 aromatic rings. The molecule has 0 atom stereocenters. The van der Waals surface area contributed by atoms with Crippen LogP contribution in [0, 0.1) is 0 Å². The van der Waals surface area contributed by atoms with Crippen LogP contribution >= 0.6 is 11.6 Å². The Morgan fingerprint density at radius 3 is 2.26 bits per heavy atom. The van der Waals surface area contributed by atoms with Crippen molar-refractivity contribution in [1.29, 1.82) is 0 Å². The van der Waals surface area contributed by atoms with Gasteiger partial charge in [0.15, 0.2) is 0 Å². The van der Waals surface area contributed by atoms with Crippen LogP contribution in [0.25, 0.3) is 0 Å². The molecule has 1 aliphatic carbocycles. The largest absolute Gasteiger partial charge is 0.343 e. The molecule has 1 amide bonds. The summed E-state index contributed by atoms with van der Waals surface area (Å²) in [6, 6.07) is 13.4. The summed E-state index contributed by atoms with van der Waals surface area (Å²) in [5.41, 5.74) is 1.05. The van der Waals surface area contributed by atoms with E-state index in [1.165, 1.54) is 30.3 Å². The zero-order valence-corrected chi connectivity index (χ0v) is 16.3. The number of halogens is 1. The van der Waals surface area contributed by atoms with Gasteiger partial charge in [-0.2, -0.15) is 0 Å². The van der Waals surface area contributed by atoms with E-state index >= 15 is 0 Å². The first-order chi connectivity index (χ1) is 12.9. The van der Waals surface area contributed by atoms with Crippen molar-refractivity contribution in [3.8, 4) is 0 Å². The molecule has 2 N–H and O–H groups in total. The molecule has 0 aliphatic heterocycles. The predicted molar refractivity (Wildman–Crippen MR) is 106 cm³/mol. The summed E-state index contributed by atoms with van der Waals surface area (Å²) >= 11 is 5.96. The van der Waals surface area contributed by atoms with Crippen LogP contribution in [0.15, 0.2) is 66.1 Å². The topological polar surface area (TPSA) is 75.3 Å². The van der Waals surface area contributed by atoms with E-state index in [1.807, 2.05) is 24.3 Å². The van der Waals surface area contributed by atoms with Crippen LogP contribution in [0.2, 0.25) is 5.02 Å².